The third-order valence-electron chi connectivity index (χ3n) is 4.64. The molecule has 1 unspecified atom stereocenters. The molecule has 1 atom stereocenters. The summed E-state index contributed by atoms with van der Waals surface area (Å²) in [5.74, 6) is -0.141. The molecule has 2 N–H and O–H groups in total. The van der Waals surface area contributed by atoms with Gasteiger partial charge in [-0.2, -0.15) is 0 Å². The molecule has 2 aromatic rings. The maximum atomic E-state index is 12.2. The lowest BCUT2D eigenvalue weighted by Crippen LogP contribution is -2.44. The van der Waals surface area contributed by atoms with Crippen LogP contribution in [-0.2, 0) is 33.6 Å². The summed E-state index contributed by atoms with van der Waals surface area (Å²) in [5.41, 5.74) is 3.40. The molecule has 0 saturated carbocycles. The van der Waals surface area contributed by atoms with E-state index in [1.54, 1.807) is 12.1 Å². The van der Waals surface area contributed by atoms with Crippen LogP contribution in [0, 0.1) is 0 Å². The molecule has 3 rings (SSSR count). The minimum absolute atomic E-state index is 0.139. The second kappa shape index (κ2) is 8.58. The molecule has 0 aromatic heterocycles. The molecular formula is C21H23NO5. The van der Waals surface area contributed by atoms with Crippen molar-refractivity contribution in [1.29, 1.82) is 0 Å². The normalized spacial score (nSPS) is 13.5. The smallest absolute Gasteiger partial charge is 0.328 e. The van der Waals surface area contributed by atoms with Crippen LogP contribution in [0.2, 0.25) is 0 Å². The second-order valence-corrected chi connectivity index (χ2v) is 6.59. The molecule has 0 saturated heterocycles. The molecule has 1 amide bonds. The number of phenols is 1. The van der Waals surface area contributed by atoms with Gasteiger partial charge in [0.25, 0.3) is 5.91 Å². The van der Waals surface area contributed by atoms with E-state index < -0.39 is 17.9 Å². The molecule has 1 aliphatic rings. The number of benzene rings is 2. The molecule has 0 bridgehead atoms. The van der Waals surface area contributed by atoms with E-state index in [-0.39, 0.29) is 18.8 Å². The van der Waals surface area contributed by atoms with Crippen molar-refractivity contribution in [3.63, 3.8) is 0 Å². The highest BCUT2D eigenvalue weighted by Crippen LogP contribution is 2.25. The molecule has 142 valence electrons. The van der Waals surface area contributed by atoms with Crippen LogP contribution in [0.1, 0.15) is 23.1 Å². The number of methoxy groups -OCH3 is 1. The number of carbonyl (C=O) groups excluding carboxylic acids is 2. The van der Waals surface area contributed by atoms with Crippen LogP contribution in [-0.4, -0.2) is 36.7 Å². The average Bonchev–Trinajstić information content (AvgIpc) is 3.14. The van der Waals surface area contributed by atoms with Gasteiger partial charge in [0.2, 0.25) is 0 Å². The van der Waals surface area contributed by atoms with Crippen LogP contribution >= 0.6 is 0 Å². The van der Waals surface area contributed by atoms with E-state index in [9.17, 15) is 14.7 Å². The highest BCUT2D eigenvalue weighted by Gasteiger charge is 2.22. The summed E-state index contributed by atoms with van der Waals surface area (Å²) in [6.07, 6.45) is 3.54. The van der Waals surface area contributed by atoms with E-state index >= 15 is 0 Å². The summed E-state index contributed by atoms with van der Waals surface area (Å²) < 4.78 is 10.4. The van der Waals surface area contributed by atoms with E-state index in [1.807, 2.05) is 18.2 Å². The van der Waals surface area contributed by atoms with E-state index in [2.05, 4.69) is 5.32 Å². The largest absolute Gasteiger partial charge is 0.508 e. The number of phenolic OH excluding ortho intramolecular Hbond substituents is 1. The van der Waals surface area contributed by atoms with Crippen molar-refractivity contribution >= 4 is 11.9 Å². The van der Waals surface area contributed by atoms with Crippen molar-refractivity contribution in [2.45, 2.75) is 31.7 Å². The van der Waals surface area contributed by atoms with Crippen molar-refractivity contribution in [3.05, 3.63) is 59.2 Å². The highest BCUT2D eigenvalue weighted by molar-refractivity contribution is 5.85. The molecule has 0 heterocycles. The van der Waals surface area contributed by atoms with Crippen molar-refractivity contribution in [1.82, 2.24) is 5.32 Å². The van der Waals surface area contributed by atoms with Gasteiger partial charge in [-0.05, 0) is 60.2 Å². The number of amides is 1. The summed E-state index contributed by atoms with van der Waals surface area (Å²) in [4.78, 5) is 24.2. The summed E-state index contributed by atoms with van der Waals surface area (Å²) in [7, 11) is 1.28. The van der Waals surface area contributed by atoms with Gasteiger partial charge in [0, 0.05) is 6.42 Å². The molecule has 0 radical (unpaired) electrons. The number of carbonyl (C=O) groups is 2. The Morgan fingerprint density at radius 1 is 1.11 bits per heavy atom. The van der Waals surface area contributed by atoms with Crippen molar-refractivity contribution < 1.29 is 24.2 Å². The number of aryl methyl sites for hydroxylation is 2. The summed E-state index contributed by atoms with van der Waals surface area (Å²) >= 11 is 0. The minimum atomic E-state index is -0.823. The molecule has 6 nitrogen and oxygen atoms in total. The zero-order valence-electron chi connectivity index (χ0n) is 15.2. The van der Waals surface area contributed by atoms with Crippen molar-refractivity contribution in [3.8, 4) is 11.5 Å². The Bertz CT molecular complexity index is 816. The Morgan fingerprint density at radius 2 is 1.85 bits per heavy atom. The van der Waals surface area contributed by atoms with E-state index in [4.69, 9.17) is 9.47 Å². The van der Waals surface area contributed by atoms with Gasteiger partial charge < -0.3 is 19.9 Å². The maximum Gasteiger partial charge on any atom is 0.328 e. The van der Waals surface area contributed by atoms with Gasteiger partial charge in [0.05, 0.1) is 7.11 Å². The first-order valence-electron chi connectivity index (χ1n) is 8.95. The minimum Gasteiger partial charge on any atom is -0.508 e. The molecule has 0 fully saturated rings. The van der Waals surface area contributed by atoms with E-state index in [0.717, 1.165) is 24.8 Å². The number of rotatable bonds is 7. The number of aromatic hydroxyl groups is 1. The Balaban J connectivity index is 1.57. The van der Waals surface area contributed by atoms with Crippen LogP contribution in [0.25, 0.3) is 0 Å². The van der Waals surface area contributed by atoms with Gasteiger partial charge in [-0.25, -0.2) is 4.79 Å². The fourth-order valence-corrected chi connectivity index (χ4v) is 3.23. The SMILES string of the molecule is COC(=O)C(Cc1ccc(O)cc1)NC(=O)COc1ccc2c(c1)CCC2. The summed E-state index contributed by atoms with van der Waals surface area (Å²) in [6.45, 7) is -0.179. The molecule has 0 aliphatic heterocycles. The predicted molar refractivity (Wildman–Crippen MR) is 99.7 cm³/mol. The fraction of sp³-hybridized carbons (Fsp3) is 0.333. The van der Waals surface area contributed by atoms with Gasteiger partial charge in [-0.3, -0.25) is 4.79 Å². The summed E-state index contributed by atoms with van der Waals surface area (Å²) in [5, 5.41) is 12.0. The van der Waals surface area contributed by atoms with Crippen LogP contribution < -0.4 is 10.1 Å². The Hall–Kier alpha value is -3.02. The zero-order valence-corrected chi connectivity index (χ0v) is 15.2. The first kappa shape index (κ1) is 18.8. The van der Waals surface area contributed by atoms with Crippen LogP contribution in [0.3, 0.4) is 0 Å². The van der Waals surface area contributed by atoms with E-state index in [1.165, 1.54) is 30.4 Å². The fourth-order valence-electron chi connectivity index (χ4n) is 3.23. The Labute approximate surface area is 158 Å². The Kier molecular flexibility index (Phi) is 5.96. The standard InChI is InChI=1S/C21H23NO5/c1-26-21(25)19(11-14-5-8-17(23)9-6-14)22-20(24)13-27-18-10-7-15-3-2-4-16(15)12-18/h5-10,12,19,23H,2-4,11,13H2,1H3,(H,22,24). The van der Waals surface area contributed by atoms with Crippen LogP contribution in [0.15, 0.2) is 42.5 Å². The first-order valence-corrected chi connectivity index (χ1v) is 8.95. The number of hydrogen-bond acceptors (Lipinski definition) is 5. The topological polar surface area (TPSA) is 84.9 Å². The lowest BCUT2D eigenvalue weighted by molar-refractivity contribution is -0.145. The van der Waals surface area contributed by atoms with Gasteiger partial charge in [-0.15, -0.1) is 0 Å². The number of hydrogen-bond donors (Lipinski definition) is 2. The zero-order chi connectivity index (χ0) is 19.2. The Morgan fingerprint density at radius 3 is 2.59 bits per heavy atom. The van der Waals surface area contributed by atoms with Crippen LogP contribution in [0.4, 0.5) is 0 Å². The molecule has 1 aliphatic carbocycles. The average molecular weight is 369 g/mol. The van der Waals surface area contributed by atoms with E-state index in [0.29, 0.717) is 5.75 Å². The lowest BCUT2D eigenvalue weighted by atomic mass is 10.1. The highest BCUT2D eigenvalue weighted by atomic mass is 16.5. The second-order valence-electron chi connectivity index (χ2n) is 6.59. The number of fused-ring (bicyclic) bond motifs is 1. The van der Waals surface area contributed by atoms with Gasteiger partial charge in [-0.1, -0.05) is 18.2 Å². The third kappa shape index (κ3) is 5.00. The number of esters is 1. The molecule has 0 spiro atoms. The number of nitrogens with one attached hydrogen (secondary N) is 1. The molecule has 6 heteroatoms. The quantitative estimate of drug-likeness (QED) is 0.731. The molecule has 27 heavy (non-hydrogen) atoms. The van der Waals surface area contributed by atoms with Gasteiger partial charge >= 0.3 is 5.97 Å². The van der Waals surface area contributed by atoms with Gasteiger partial charge in [0.15, 0.2) is 6.61 Å². The predicted octanol–water partition coefficient (Wildman–Crippen LogP) is 2.16. The molecule has 2 aromatic carbocycles. The lowest BCUT2D eigenvalue weighted by Gasteiger charge is -2.17. The maximum absolute atomic E-state index is 12.2. The van der Waals surface area contributed by atoms with Crippen LogP contribution in [0.5, 0.6) is 11.5 Å². The number of ether oxygens (including phenoxy) is 2. The van der Waals surface area contributed by atoms with Crippen molar-refractivity contribution in [2.75, 3.05) is 13.7 Å². The van der Waals surface area contributed by atoms with Gasteiger partial charge in [0.1, 0.15) is 17.5 Å². The summed E-state index contributed by atoms with van der Waals surface area (Å²) in [6, 6.07) is 11.5. The first-order chi connectivity index (χ1) is 13.0. The third-order valence-corrected chi connectivity index (χ3v) is 4.64. The molecular weight excluding hydrogens is 346 g/mol. The van der Waals surface area contributed by atoms with Crippen molar-refractivity contribution in [2.24, 2.45) is 0 Å². The monoisotopic (exact) mass is 369 g/mol.